The fourth-order valence-corrected chi connectivity index (χ4v) is 8.11. The summed E-state index contributed by atoms with van der Waals surface area (Å²) in [6.45, 7) is 9.34. The van der Waals surface area contributed by atoms with Crippen molar-refractivity contribution in [3.63, 3.8) is 0 Å². The lowest BCUT2D eigenvalue weighted by molar-refractivity contribution is -0.131. The van der Waals surface area contributed by atoms with Crippen molar-refractivity contribution >= 4 is 22.6 Å². The maximum Gasteiger partial charge on any atom is 0.319 e. The van der Waals surface area contributed by atoms with Gasteiger partial charge >= 0.3 is 6.01 Å². The Morgan fingerprint density at radius 2 is 1.95 bits per heavy atom. The van der Waals surface area contributed by atoms with Gasteiger partial charge < -0.3 is 14.5 Å². The Bertz CT molecular complexity index is 1660. The van der Waals surface area contributed by atoms with E-state index in [4.69, 9.17) is 14.7 Å². The molecule has 228 valence electrons. The van der Waals surface area contributed by atoms with E-state index in [9.17, 15) is 14.4 Å². The summed E-state index contributed by atoms with van der Waals surface area (Å²) in [7, 11) is 0. The number of ether oxygens (including phenoxy) is 1. The van der Waals surface area contributed by atoms with Gasteiger partial charge in [0.15, 0.2) is 5.83 Å². The summed E-state index contributed by atoms with van der Waals surface area (Å²) in [5.74, 6) is -0.421. The van der Waals surface area contributed by atoms with Gasteiger partial charge in [-0.05, 0) is 91.9 Å². The molecular formula is C35H39FN6O2. The quantitative estimate of drug-likeness (QED) is 0.336. The van der Waals surface area contributed by atoms with Crippen molar-refractivity contribution in [2.75, 3.05) is 44.2 Å². The number of hydrogen-bond acceptors (Lipinski definition) is 7. The van der Waals surface area contributed by atoms with Crippen molar-refractivity contribution in [1.82, 2.24) is 19.8 Å². The van der Waals surface area contributed by atoms with E-state index in [1.165, 1.54) is 34.4 Å². The molecule has 0 N–H and O–H groups in total. The molecule has 3 fully saturated rings. The number of piperazine rings is 1. The van der Waals surface area contributed by atoms with Gasteiger partial charge in [0, 0.05) is 25.0 Å². The molecule has 0 radical (unpaired) electrons. The zero-order valence-electron chi connectivity index (χ0n) is 25.4. The van der Waals surface area contributed by atoms with Crippen molar-refractivity contribution in [2.45, 2.75) is 63.5 Å². The maximum atomic E-state index is 13.8. The second-order valence-corrected chi connectivity index (χ2v) is 13.1. The summed E-state index contributed by atoms with van der Waals surface area (Å²) in [6, 6.07) is 15.0. The van der Waals surface area contributed by atoms with Crippen LogP contribution in [0.5, 0.6) is 6.01 Å². The predicted octanol–water partition coefficient (Wildman–Crippen LogP) is 5.45. The first-order valence-electron chi connectivity index (χ1n) is 15.9. The molecule has 2 aromatic carbocycles. The SMILES string of the molecule is C=C(F)C(=O)N1CCN(c2nc(OCC34CCCN3CCC4)nc3cc(-c4cccc5c4C[C@H](C)C5)ccc23)C[C@@H]1CC#N. The van der Waals surface area contributed by atoms with Gasteiger partial charge in [0.2, 0.25) is 0 Å². The molecule has 0 spiro atoms. The summed E-state index contributed by atoms with van der Waals surface area (Å²) in [4.78, 5) is 28.5. The number of nitrogens with zero attached hydrogens (tertiary/aromatic N) is 6. The number of halogens is 1. The van der Waals surface area contributed by atoms with Crippen molar-refractivity contribution in [3.05, 3.63) is 59.9 Å². The fourth-order valence-electron chi connectivity index (χ4n) is 8.11. The molecule has 4 heterocycles. The zero-order valence-corrected chi connectivity index (χ0v) is 25.4. The number of carbonyl (C=O) groups is 1. The lowest BCUT2D eigenvalue weighted by Crippen LogP contribution is -2.55. The smallest absolute Gasteiger partial charge is 0.319 e. The summed E-state index contributed by atoms with van der Waals surface area (Å²) < 4.78 is 20.3. The van der Waals surface area contributed by atoms with Crippen LogP contribution in [-0.4, -0.2) is 76.6 Å². The Morgan fingerprint density at radius 1 is 1.14 bits per heavy atom. The molecular weight excluding hydrogens is 555 g/mol. The third-order valence-electron chi connectivity index (χ3n) is 10.2. The number of carbonyl (C=O) groups excluding carboxylic acids is 1. The number of benzene rings is 2. The van der Waals surface area contributed by atoms with E-state index in [0.29, 0.717) is 37.4 Å². The highest BCUT2D eigenvalue weighted by atomic mass is 19.1. The third-order valence-corrected chi connectivity index (χ3v) is 10.2. The van der Waals surface area contributed by atoms with E-state index < -0.39 is 17.8 Å². The third kappa shape index (κ3) is 5.09. The highest BCUT2D eigenvalue weighted by molar-refractivity contribution is 5.94. The summed E-state index contributed by atoms with van der Waals surface area (Å²) in [5, 5.41) is 10.4. The van der Waals surface area contributed by atoms with Crippen LogP contribution in [0.25, 0.3) is 22.0 Å². The monoisotopic (exact) mass is 594 g/mol. The second-order valence-electron chi connectivity index (χ2n) is 13.1. The molecule has 0 unspecified atom stereocenters. The van der Waals surface area contributed by atoms with Gasteiger partial charge in [-0.15, -0.1) is 0 Å². The molecule has 7 rings (SSSR count). The van der Waals surface area contributed by atoms with Crippen molar-refractivity contribution in [2.24, 2.45) is 5.92 Å². The number of anilines is 1. The zero-order chi connectivity index (χ0) is 30.4. The molecule has 44 heavy (non-hydrogen) atoms. The normalized spacial score (nSPS) is 22.6. The van der Waals surface area contributed by atoms with E-state index in [2.05, 4.69) is 65.8 Å². The number of fused-ring (bicyclic) bond motifs is 3. The van der Waals surface area contributed by atoms with Crippen molar-refractivity contribution in [3.8, 4) is 23.2 Å². The molecule has 3 aliphatic heterocycles. The van der Waals surface area contributed by atoms with Gasteiger partial charge in [0.1, 0.15) is 12.4 Å². The number of aromatic nitrogens is 2. The molecule has 9 heteroatoms. The van der Waals surface area contributed by atoms with Crippen LogP contribution in [0.4, 0.5) is 10.2 Å². The summed E-state index contributed by atoms with van der Waals surface area (Å²) in [6.07, 6.45) is 6.88. The van der Waals surface area contributed by atoms with E-state index >= 15 is 0 Å². The minimum Gasteiger partial charge on any atom is -0.461 e. The fraction of sp³-hybridized carbons (Fsp3) is 0.486. The van der Waals surface area contributed by atoms with Gasteiger partial charge in [-0.25, -0.2) is 4.39 Å². The highest BCUT2D eigenvalue weighted by Gasteiger charge is 2.45. The summed E-state index contributed by atoms with van der Waals surface area (Å²) in [5.41, 5.74) is 6.06. The minimum absolute atomic E-state index is 0.0558. The Kier molecular flexibility index (Phi) is 7.49. The van der Waals surface area contributed by atoms with Crippen molar-refractivity contribution < 1.29 is 13.9 Å². The number of amides is 1. The first-order valence-corrected chi connectivity index (χ1v) is 15.9. The minimum atomic E-state index is -1.01. The van der Waals surface area contributed by atoms with Gasteiger partial charge in [-0.1, -0.05) is 37.8 Å². The molecule has 0 saturated carbocycles. The Labute approximate surface area is 258 Å². The van der Waals surface area contributed by atoms with Crippen LogP contribution in [0.2, 0.25) is 0 Å². The molecule has 8 nitrogen and oxygen atoms in total. The van der Waals surface area contributed by atoms with Crippen LogP contribution in [0, 0.1) is 17.2 Å². The molecule has 2 atom stereocenters. The molecule has 3 saturated heterocycles. The molecule has 1 aliphatic carbocycles. The second kappa shape index (κ2) is 11.5. The number of nitriles is 1. The number of rotatable bonds is 7. The summed E-state index contributed by atoms with van der Waals surface area (Å²) >= 11 is 0. The number of hydrogen-bond donors (Lipinski definition) is 0. The predicted molar refractivity (Wildman–Crippen MR) is 168 cm³/mol. The van der Waals surface area contributed by atoms with E-state index in [-0.39, 0.29) is 18.5 Å². The largest absolute Gasteiger partial charge is 0.461 e. The lowest BCUT2D eigenvalue weighted by atomic mass is 9.95. The van der Waals surface area contributed by atoms with E-state index in [0.717, 1.165) is 55.2 Å². The molecule has 3 aromatic rings. The molecule has 1 aromatic heterocycles. The van der Waals surface area contributed by atoms with Gasteiger partial charge in [0.25, 0.3) is 5.91 Å². The Hall–Kier alpha value is -4.03. The Balaban J connectivity index is 1.27. The topological polar surface area (TPSA) is 85.6 Å². The lowest BCUT2D eigenvalue weighted by Gasteiger charge is -2.41. The molecule has 4 aliphatic rings. The van der Waals surface area contributed by atoms with Crippen LogP contribution in [0.1, 0.15) is 50.2 Å². The van der Waals surface area contributed by atoms with Crippen LogP contribution >= 0.6 is 0 Å². The van der Waals surface area contributed by atoms with E-state index in [1.807, 2.05) is 0 Å². The van der Waals surface area contributed by atoms with Gasteiger partial charge in [0.05, 0.1) is 29.6 Å². The van der Waals surface area contributed by atoms with Crippen LogP contribution in [-0.2, 0) is 17.6 Å². The average Bonchev–Trinajstić information content (AvgIpc) is 3.72. The van der Waals surface area contributed by atoms with Crippen LogP contribution in [0.3, 0.4) is 0 Å². The highest BCUT2D eigenvalue weighted by Crippen LogP contribution is 2.40. The average molecular weight is 595 g/mol. The first kappa shape index (κ1) is 28.7. The van der Waals surface area contributed by atoms with Crippen molar-refractivity contribution in [1.29, 1.82) is 5.26 Å². The van der Waals surface area contributed by atoms with Crippen LogP contribution < -0.4 is 9.64 Å². The van der Waals surface area contributed by atoms with Gasteiger partial charge in [-0.2, -0.15) is 15.2 Å². The maximum absolute atomic E-state index is 13.8. The standard InChI is InChI=1S/C35H39FN6O2/c1-23-18-25-6-3-7-28(30(25)19-23)26-8-9-29-31(20-26)38-34(44-22-35-11-4-14-41(35)15-5-12-35)39-32(29)40-16-17-42(33(43)24(2)36)27(21-40)10-13-37/h3,6-9,20,23,27H,2,4-5,10-12,14-19,21-22H2,1H3/t23-,27+/m1/s1. The van der Waals surface area contributed by atoms with Gasteiger partial charge in [-0.3, -0.25) is 9.69 Å². The van der Waals surface area contributed by atoms with Crippen LogP contribution in [0.15, 0.2) is 48.8 Å². The first-order chi connectivity index (χ1) is 21.3. The Morgan fingerprint density at radius 3 is 2.73 bits per heavy atom. The molecule has 1 amide bonds. The van der Waals surface area contributed by atoms with E-state index in [1.54, 1.807) is 0 Å². The molecule has 0 bridgehead atoms.